The first-order chi connectivity index (χ1) is 8.56. The fraction of sp³-hybridized carbons (Fsp3) is 0.417. The molecule has 1 aromatic rings. The number of nitrogens with zero attached hydrogens (tertiary/aromatic N) is 2. The summed E-state index contributed by atoms with van der Waals surface area (Å²) in [5.74, 6) is -2.27. The second-order valence-electron chi connectivity index (χ2n) is 3.81. The fourth-order valence-electron chi connectivity index (χ4n) is 1.42. The van der Waals surface area contributed by atoms with Crippen LogP contribution < -0.4 is 0 Å². The first-order valence-corrected chi connectivity index (χ1v) is 5.47. The Hall–Kier alpha value is -2.29. The van der Waals surface area contributed by atoms with Crippen LogP contribution >= 0.6 is 0 Å². The third-order valence-electron chi connectivity index (χ3n) is 2.47. The van der Waals surface area contributed by atoms with E-state index in [0.717, 1.165) is 0 Å². The standard InChI is InChI=1S/C12H14N2O4/c1-9(12(16)17)11(15)14(6-3-5-13)8-10-4-2-7-18-10/h2,4,7,9H,3,6,8H2,1H3,(H,16,17). The molecule has 0 aliphatic rings. The average molecular weight is 250 g/mol. The zero-order chi connectivity index (χ0) is 13.5. The summed E-state index contributed by atoms with van der Waals surface area (Å²) in [4.78, 5) is 24.0. The number of amides is 1. The van der Waals surface area contributed by atoms with Crippen LogP contribution in [0.3, 0.4) is 0 Å². The van der Waals surface area contributed by atoms with Crippen molar-refractivity contribution in [3.8, 4) is 6.07 Å². The molecule has 1 unspecified atom stereocenters. The molecule has 0 bridgehead atoms. The molecule has 1 N–H and O–H groups in total. The van der Waals surface area contributed by atoms with Crippen LogP contribution in [0.15, 0.2) is 22.8 Å². The predicted molar refractivity (Wildman–Crippen MR) is 61.2 cm³/mol. The highest BCUT2D eigenvalue weighted by Gasteiger charge is 2.26. The van der Waals surface area contributed by atoms with Gasteiger partial charge in [-0.1, -0.05) is 0 Å². The van der Waals surface area contributed by atoms with Gasteiger partial charge in [-0.05, 0) is 19.1 Å². The van der Waals surface area contributed by atoms with Crippen molar-refractivity contribution in [3.05, 3.63) is 24.2 Å². The fourth-order valence-corrected chi connectivity index (χ4v) is 1.42. The molecule has 0 fully saturated rings. The van der Waals surface area contributed by atoms with Gasteiger partial charge in [0.2, 0.25) is 5.91 Å². The lowest BCUT2D eigenvalue weighted by Crippen LogP contribution is -2.38. The molecule has 18 heavy (non-hydrogen) atoms. The number of rotatable bonds is 6. The van der Waals surface area contributed by atoms with E-state index in [2.05, 4.69) is 0 Å². The lowest BCUT2D eigenvalue weighted by atomic mass is 10.1. The van der Waals surface area contributed by atoms with Crippen molar-refractivity contribution in [1.82, 2.24) is 4.90 Å². The van der Waals surface area contributed by atoms with Crippen molar-refractivity contribution in [3.63, 3.8) is 0 Å². The Morgan fingerprint density at radius 1 is 1.61 bits per heavy atom. The van der Waals surface area contributed by atoms with Gasteiger partial charge in [0.25, 0.3) is 0 Å². The highest BCUT2D eigenvalue weighted by Crippen LogP contribution is 2.10. The molecular formula is C12H14N2O4. The van der Waals surface area contributed by atoms with E-state index in [9.17, 15) is 9.59 Å². The first kappa shape index (κ1) is 13.8. The summed E-state index contributed by atoms with van der Waals surface area (Å²) in [5.41, 5.74) is 0. The van der Waals surface area contributed by atoms with Crippen molar-refractivity contribution < 1.29 is 19.1 Å². The molecule has 0 aliphatic heterocycles. The molecule has 0 spiro atoms. The van der Waals surface area contributed by atoms with E-state index in [-0.39, 0.29) is 19.5 Å². The van der Waals surface area contributed by atoms with E-state index >= 15 is 0 Å². The maximum absolute atomic E-state index is 11.9. The number of hydrogen-bond donors (Lipinski definition) is 1. The molecule has 1 amide bonds. The second-order valence-corrected chi connectivity index (χ2v) is 3.81. The van der Waals surface area contributed by atoms with Crippen molar-refractivity contribution in [1.29, 1.82) is 5.26 Å². The van der Waals surface area contributed by atoms with Crippen LogP contribution in [0.5, 0.6) is 0 Å². The van der Waals surface area contributed by atoms with Gasteiger partial charge in [0.05, 0.1) is 25.3 Å². The van der Waals surface area contributed by atoms with Gasteiger partial charge in [-0.2, -0.15) is 5.26 Å². The maximum Gasteiger partial charge on any atom is 0.315 e. The maximum atomic E-state index is 11.9. The number of furan rings is 1. The van der Waals surface area contributed by atoms with Gasteiger partial charge < -0.3 is 14.4 Å². The number of nitriles is 1. The summed E-state index contributed by atoms with van der Waals surface area (Å²) in [6.45, 7) is 1.69. The molecule has 0 aliphatic carbocycles. The van der Waals surface area contributed by atoms with Gasteiger partial charge in [0.15, 0.2) is 0 Å². The average Bonchev–Trinajstić information content (AvgIpc) is 2.85. The van der Waals surface area contributed by atoms with E-state index in [1.54, 1.807) is 12.1 Å². The van der Waals surface area contributed by atoms with Gasteiger partial charge in [-0.25, -0.2) is 0 Å². The summed E-state index contributed by atoms with van der Waals surface area (Å²) in [6.07, 6.45) is 1.63. The largest absolute Gasteiger partial charge is 0.481 e. The van der Waals surface area contributed by atoms with Crippen LogP contribution in [0, 0.1) is 17.2 Å². The molecule has 96 valence electrons. The minimum absolute atomic E-state index is 0.152. The van der Waals surface area contributed by atoms with E-state index in [4.69, 9.17) is 14.8 Å². The van der Waals surface area contributed by atoms with Crippen molar-refractivity contribution in [2.45, 2.75) is 19.9 Å². The van der Waals surface area contributed by atoms with E-state index in [1.165, 1.54) is 18.1 Å². The molecule has 1 rings (SSSR count). The minimum Gasteiger partial charge on any atom is -0.481 e. The van der Waals surface area contributed by atoms with Crippen molar-refractivity contribution >= 4 is 11.9 Å². The molecule has 1 atom stereocenters. The van der Waals surface area contributed by atoms with E-state index in [0.29, 0.717) is 5.76 Å². The Labute approximate surface area is 104 Å². The number of aliphatic carboxylic acids is 1. The Morgan fingerprint density at radius 3 is 2.83 bits per heavy atom. The Balaban J connectivity index is 2.74. The van der Waals surface area contributed by atoms with Gasteiger partial charge in [0.1, 0.15) is 11.7 Å². The summed E-state index contributed by atoms with van der Waals surface area (Å²) in [7, 11) is 0. The topological polar surface area (TPSA) is 94.5 Å². The number of carbonyl (C=O) groups is 2. The summed E-state index contributed by atoms with van der Waals surface area (Å²) in [5, 5.41) is 17.4. The zero-order valence-corrected chi connectivity index (χ0v) is 10.00. The smallest absolute Gasteiger partial charge is 0.315 e. The van der Waals surface area contributed by atoms with Crippen LogP contribution in [0.4, 0.5) is 0 Å². The molecule has 0 saturated carbocycles. The third kappa shape index (κ3) is 3.63. The van der Waals surface area contributed by atoms with Crippen molar-refractivity contribution in [2.75, 3.05) is 6.54 Å². The predicted octanol–water partition coefficient (Wildman–Crippen LogP) is 1.24. The van der Waals surface area contributed by atoms with Crippen LogP contribution in [-0.2, 0) is 16.1 Å². The quantitative estimate of drug-likeness (QED) is 0.766. The SMILES string of the molecule is CC(C(=O)O)C(=O)N(CCC#N)Cc1ccco1. The lowest BCUT2D eigenvalue weighted by molar-refractivity contribution is -0.150. The van der Waals surface area contributed by atoms with Gasteiger partial charge in [-0.15, -0.1) is 0 Å². The van der Waals surface area contributed by atoms with Crippen LogP contribution in [0.2, 0.25) is 0 Å². The first-order valence-electron chi connectivity index (χ1n) is 5.47. The highest BCUT2D eigenvalue weighted by molar-refractivity contribution is 5.96. The molecule has 0 radical (unpaired) electrons. The zero-order valence-electron chi connectivity index (χ0n) is 10.00. The summed E-state index contributed by atoms with van der Waals surface area (Å²) in [6, 6.07) is 5.30. The monoisotopic (exact) mass is 250 g/mol. The molecule has 0 saturated heterocycles. The summed E-state index contributed by atoms with van der Waals surface area (Å²) < 4.78 is 5.11. The molecule has 6 nitrogen and oxygen atoms in total. The van der Waals surface area contributed by atoms with Crippen molar-refractivity contribution in [2.24, 2.45) is 5.92 Å². The molecule has 6 heteroatoms. The normalized spacial score (nSPS) is 11.6. The number of carbonyl (C=O) groups excluding carboxylic acids is 1. The Morgan fingerprint density at radius 2 is 2.33 bits per heavy atom. The Kier molecular flexibility index (Phi) is 4.93. The molecular weight excluding hydrogens is 236 g/mol. The van der Waals surface area contributed by atoms with E-state index in [1.807, 2.05) is 6.07 Å². The number of hydrogen-bond acceptors (Lipinski definition) is 4. The lowest BCUT2D eigenvalue weighted by Gasteiger charge is -2.22. The highest BCUT2D eigenvalue weighted by atomic mass is 16.4. The molecule has 1 heterocycles. The molecule has 0 aromatic carbocycles. The summed E-state index contributed by atoms with van der Waals surface area (Å²) >= 11 is 0. The number of carboxylic acid groups (broad SMARTS) is 1. The third-order valence-corrected chi connectivity index (χ3v) is 2.47. The number of carboxylic acids is 1. The molecule has 1 aromatic heterocycles. The minimum atomic E-state index is -1.18. The van der Waals surface area contributed by atoms with Gasteiger partial charge in [-0.3, -0.25) is 9.59 Å². The van der Waals surface area contributed by atoms with Crippen LogP contribution in [0.25, 0.3) is 0 Å². The van der Waals surface area contributed by atoms with Crippen LogP contribution in [-0.4, -0.2) is 28.4 Å². The second kappa shape index (κ2) is 6.45. The van der Waals surface area contributed by atoms with Gasteiger partial charge >= 0.3 is 5.97 Å². The van der Waals surface area contributed by atoms with Gasteiger partial charge in [0, 0.05) is 6.54 Å². The Bertz CT molecular complexity index is 447. The van der Waals surface area contributed by atoms with E-state index < -0.39 is 17.8 Å². The van der Waals surface area contributed by atoms with Crippen LogP contribution in [0.1, 0.15) is 19.1 Å².